The lowest BCUT2D eigenvalue weighted by molar-refractivity contribution is 0.0162. The lowest BCUT2D eigenvalue weighted by atomic mass is 10.0. The zero-order valence-electron chi connectivity index (χ0n) is 12.6. The smallest absolute Gasteiger partial charge is 0.162 e. The molecule has 21 heavy (non-hydrogen) atoms. The van der Waals surface area contributed by atoms with Gasteiger partial charge in [0.15, 0.2) is 5.78 Å². The molecule has 0 bridgehead atoms. The van der Waals surface area contributed by atoms with Crippen LogP contribution in [0.2, 0.25) is 0 Å². The minimum absolute atomic E-state index is 0.190. The predicted molar refractivity (Wildman–Crippen MR) is 88.6 cm³/mol. The Morgan fingerprint density at radius 1 is 1.29 bits per heavy atom. The van der Waals surface area contributed by atoms with Gasteiger partial charge in [-0.3, -0.25) is 4.79 Å². The number of carbonyl (C=O) groups excluding carboxylic acids is 1. The molecule has 0 aliphatic heterocycles. The average Bonchev–Trinajstić information content (AvgIpc) is 2.85. The van der Waals surface area contributed by atoms with E-state index < -0.39 is 5.60 Å². The fraction of sp³-hybridized carbons (Fsp3) is 0.588. The summed E-state index contributed by atoms with van der Waals surface area (Å²) in [5.74, 6) is 0.190. The van der Waals surface area contributed by atoms with Gasteiger partial charge in [-0.25, -0.2) is 0 Å². The number of Topliss-reactive ketones (excluding diaryl/α,β-unsaturated/α-hetero) is 1. The number of likely N-dealkylation sites (N-methyl/N-ethyl adjacent to an activating group) is 1. The van der Waals surface area contributed by atoms with Crippen molar-refractivity contribution in [3.8, 4) is 0 Å². The third kappa shape index (κ3) is 5.20. The largest absolute Gasteiger partial charge is 0.389 e. The normalized spacial score (nSPS) is 17.3. The Kier molecular flexibility index (Phi) is 5.97. The summed E-state index contributed by atoms with van der Waals surface area (Å²) >= 11 is 3.37. The first-order chi connectivity index (χ1) is 9.98. The Morgan fingerprint density at radius 2 is 1.90 bits per heavy atom. The maximum absolute atomic E-state index is 12.1. The summed E-state index contributed by atoms with van der Waals surface area (Å²) in [6.45, 7) is 1.57. The van der Waals surface area contributed by atoms with Crippen molar-refractivity contribution < 1.29 is 9.90 Å². The van der Waals surface area contributed by atoms with Gasteiger partial charge in [-0.05, 0) is 45.0 Å². The van der Waals surface area contributed by atoms with Crippen molar-refractivity contribution in [3.63, 3.8) is 0 Å². The zero-order valence-corrected chi connectivity index (χ0v) is 14.2. The van der Waals surface area contributed by atoms with E-state index in [9.17, 15) is 9.90 Å². The van der Waals surface area contributed by atoms with Crippen molar-refractivity contribution in [3.05, 3.63) is 34.3 Å². The molecule has 0 unspecified atom stereocenters. The van der Waals surface area contributed by atoms with Crippen LogP contribution in [0.15, 0.2) is 28.7 Å². The number of nitrogens with zero attached hydrogens (tertiary/aromatic N) is 1. The van der Waals surface area contributed by atoms with E-state index in [0.717, 1.165) is 55.2 Å². The summed E-state index contributed by atoms with van der Waals surface area (Å²) in [5.41, 5.74) is 0.278. The molecule has 0 aromatic heterocycles. The van der Waals surface area contributed by atoms with Gasteiger partial charge in [0.25, 0.3) is 0 Å². The van der Waals surface area contributed by atoms with E-state index in [4.69, 9.17) is 0 Å². The van der Waals surface area contributed by atoms with Gasteiger partial charge >= 0.3 is 0 Å². The van der Waals surface area contributed by atoms with Crippen LogP contribution in [0.5, 0.6) is 0 Å². The molecule has 1 aliphatic carbocycles. The number of aliphatic hydroxyl groups is 1. The number of hydrogen-bond acceptors (Lipinski definition) is 3. The Balaban J connectivity index is 1.71. The Labute approximate surface area is 135 Å². The number of carbonyl (C=O) groups is 1. The Bertz CT molecular complexity index is 466. The standard InChI is InChI=1S/C17H24BrNO2/c1-19(13-17(21)10-2-3-11-17)12-4-5-16(20)14-6-8-15(18)9-7-14/h6-9,21H,2-5,10-13H2,1H3. The van der Waals surface area contributed by atoms with Crippen LogP contribution in [0.4, 0.5) is 0 Å². The third-order valence-electron chi connectivity index (χ3n) is 4.21. The number of hydrogen-bond donors (Lipinski definition) is 1. The molecular formula is C17H24BrNO2. The van der Waals surface area contributed by atoms with Crippen molar-refractivity contribution in [1.29, 1.82) is 0 Å². The molecule has 1 aromatic carbocycles. The highest BCUT2D eigenvalue weighted by Crippen LogP contribution is 2.29. The molecule has 0 saturated heterocycles. The van der Waals surface area contributed by atoms with Crippen LogP contribution < -0.4 is 0 Å². The van der Waals surface area contributed by atoms with Gasteiger partial charge in [0, 0.05) is 23.0 Å². The van der Waals surface area contributed by atoms with E-state index in [1.807, 2.05) is 31.3 Å². The minimum Gasteiger partial charge on any atom is -0.389 e. The first kappa shape index (κ1) is 16.7. The van der Waals surface area contributed by atoms with Gasteiger partial charge < -0.3 is 10.0 Å². The fourth-order valence-corrected chi connectivity index (χ4v) is 3.33. The fourth-order valence-electron chi connectivity index (χ4n) is 3.06. The number of ketones is 1. The molecule has 4 heteroatoms. The molecule has 0 heterocycles. The zero-order chi connectivity index (χ0) is 15.3. The molecule has 116 valence electrons. The van der Waals surface area contributed by atoms with Crippen molar-refractivity contribution in [2.75, 3.05) is 20.1 Å². The van der Waals surface area contributed by atoms with Crippen LogP contribution in [-0.2, 0) is 0 Å². The lowest BCUT2D eigenvalue weighted by Gasteiger charge is -2.28. The summed E-state index contributed by atoms with van der Waals surface area (Å²) in [5, 5.41) is 10.4. The van der Waals surface area contributed by atoms with Crippen LogP contribution in [0.25, 0.3) is 0 Å². The van der Waals surface area contributed by atoms with Crippen LogP contribution in [0.3, 0.4) is 0 Å². The first-order valence-electron chi connectivity index (χ1n) is 7.68. The van der Waals surface area contributed by atoms with Crippen LogP contribution in [-0.4, -0.2) is 41.5 Å². The van der Waals surface area contributed by atoms with E-state index in [1.54, 1.807) is 0 Å². The molecular weight excluding hydrogens is 330 g/mol. The molecule has 1 N–H and O–H groups in total. The van der Waals surface area contributed by atoms with Gasteiger partial charge in [0.05, 0.1) is 5.60 Å². The monoisotopic (exact) mass is 353 g/mol. The molecule has 1 aromatic rings. The Hall–Kier alpha value is -0.710. The van der Waals surface area contributed by atoms with Gasteiger partial charge in [-0.15, -0.1) is 0 Å². The van der Waals surface area contributed by atoms with Gasteiger partial charge in [0.2, 0.25) is 0 Å². The predicted octanol–water partition coefficient (Wildman–Crippen LogP) is 3.65. The molecule has 0 amide bonds. The molecule has 1 aliphatic rings. The second-order valence-corrected chi connectivity index (χ2v) is 7.12. The Morgan fingerprint density at radius 3 is 2.52 bits per heavy atom. The van der Waals surface area contributed by atoms with Crippen molar-refractivity contribution in [2.45, 2.75) is 44.1 Å². The maximum atomic E-state index is 12.1. The maximum Gasteiger partial charge on any atom is 0.162 e. The topological polar surface area (TPSA) is 40.5 Å². The highest BCUT2D eigenvalue weighted by atomic mass is 79.9. The van der Waals surface area contributed by atoms with E-state index in [1.165, 1.54) is 0 Å². The third-order valence-corrected chi connectivity index (χ3v) is 4.74. The van der Waals surface area contributed by atoms with Crippen LogP contribution >= 0.6 is 15.9 Å². The molecule has 0 radical (unpaired) electrons. The molecule has 3 nitrogen and oxygen atoms in total. The summed E-state index contributed by atoms with van der Waals surface area (Å²) in [6.07, 6.45) is 5.48. The molecule has 1 saturated carbocycles. The van der Waals surface area contributed by atoms with Crippen LogP contribution in [0, 0.1) is 0 Å². The van der Waals surface area contributed by atoms with E-state index in [-0.39, 0.29) is 5.78 Å². The number of halogens is 1. The van der Waals surface area contributed by atoms with E-state index in [2.05, 4.69) is 20.8 Å². The molecule has 0 atom stereocenters. The summed E-state index contributed by atoms with van der Waals surface area (Å²) in [6, 6.07) is 7.51. The van der Waals surface area contributed by atoms with Crippen molar-refractivity contribution in [2.24, 2.45) is 0 Å². The van der Waals surface area contributed by atoms with Crippen LogP contribution in [0.1, 0.15) is 48.9 Å². The SMILES string of the molecule is CN(CCCC(=O)c1ccc(Br)cc1)CC1(O)CCCC1. The van der Waals surface area contributed by atoms with E-state index >= 15 is 0 Å². The van der Waals surface area contributed by atoms with Crippen molar-refractivity contribution >= 4 is 21.7 Å². The van der Waals surface area contributed by atoms with Gasteiger partial charge in [0.1, 0.15) is 0 Å². The summed E-state index contributed by atoms with van der Waals surface area (Å²) in [7, 11) is 2.03. The second-order valence-electron chi connectivity index (χ2n) is 6.20. The number of benzene rings is 1. The molecule has 1 fully saturated rings. The van der Waals surface area contributed by atoms with Gasteiger partial charge in [-0.1, -0.05) is 40.9 Å². The van der Waals surface area contributed by atoms with Crippen molar-refractivity contribution in [1.82, 2.24) is 4.90 Å². The first-order valence-corrected chi connectivity index (χ1v) is 8.47. The summed E-state index contributed by atoms with van der Waals surface area (Å²) < 4.78 is 0.989. The van der Waals surface area contributed by atoms with Gasteiger partial charge in [-0.2, -0.15) is 0 Å². The average molecular weight is 354 g/mol. The summed E-state index contributed by atoms with van der Waals surface area (Å²) in [4.78, 5) is 14.2. The highest BCUT2D eigenvalue weighted by Gasteiger charge is 2.31. The number of rotatable bonds is 7. The molecule has 2 rings (SSSR count). The second kappa shape index (κ2) is 7.52. The highest BCUT2D eigenvalue weighted by molar-refractivity contribution is 9.10. The van der Waals surface area contributed by atoms with E-state index in [0.29, 0.717) is 6.42 Å². The lowest BCUT2D eigenvalue weighted by Crippen LogP contribution is -2.39. The molecule has 0 spiro atoms. The minimum atomic E-state index is -0.496. The quantitative estimate of drug-likeness (QED) is 0.760.